The van der Waals surface area contributed by atoms with Gasteiger partial charge in [-0.25, -0.2) is 10.4 Å². The number of hydrogen-bond acceptors (Lipinski definition) is 5. The second kappa shape index (κ2) is 7.10. The summed E-state index contributed by atoms with van der Waals surface area (Å²) in [5.74, 6) is 0.400. The number of rotatable bonds is 4. The molecule has 0 amide bonds. The molecule has 0 spiro atoms. The lowest BCUT2D eigenvalue weighted by Gasteiger charge is -2.03. The highest BCUT2D eigenvalue weighted by Crippen LogP contribution is 2.23. The van der Waals surface area contributed by atoms with Crippen LogP contribution in [0, 0.1) is 0 Å². The quantitative estimate of drug-likeness (QED) is 0.475. The number of nitrogens with zero attached hydrogens (tertiary/aromatic N) is 2. The van der Waals surface area contributed by atoms with E-state index in [1.54, 1.807) is 24.4 Å². The molecule has 0 fully saturated rings. The molecule has 24 heavy (non-hydrogen) atoms. The van der Waals surface area contributed by atoms with Gasteiger partial charge < -0.3 is 5.11 Å². The molecule has 0 saturated carbocycles. The minimum absolute atomic E-state index is 0.154. The number of H-pyrrole nitrogens is 1. The highest BCUT2D eigenvalue weighted by molar-refractivity contribution is 9.10. The summed E-state index contributed by atoms with van der Waals surface area (Å²) < 4.78 is 0.573. The highest BCUT2D eigenvalue weighted by atomic mass is 79.9. The molecule has 0 aliphatic heterocycles. The molecular weight excluding hydrogens is 372 g/mol. The monoisotopic (exact) mass is 384 g/mol. The van der Waals surface area contributed by atoms with E-state index in [2.05, 4.69) is 36.4 Å². The van der Waals surface area contributed by atoms with Gasteiger partial charge in [0.2, 0.25) is 5.95 Å². The molecule has 0 atom stereocenters. The first kappa shape index (κ1) is 15.9. The van der Waals surface area contributed by atoms with Crippen LogP contribution in [-0.4, -0.2) is 21.3 Å². The number of benzene rings is 2. The van der Waals surface area contributed by atoms with Crippen LogP contribution in [-0.2, 0) is 0 Å². The second-order valence-corrected chi connectivity index (χ2v) is 5.78. The maximum Gasteiger partial charge on any atom is 0.252 e. The van der Waals surface area contributed by atoms with E-state index >= 15 is 0 Å². The summed E-state index contributed by atoms with van der Waals surface area (Å²) in [5, 5.41) is 13.5. The molecule has 0 aliphatic rings. The molecule has 2 aromatic carbocycles. The van der Waals surface area contributed by atoms with Crippen LogP contribution in [0.4, 0.5) is 5.95 Å². The molecule has 0 radical (unpaired) electrons. The van der Waals surface area contributed by atoms with Gasteiger partial charge in [0.1, 0.15) is 5.75 Å². The van der Waals surface area contributed by atoms with Crippen molar-refractivity contribution in [3.63, 3.8) is 0 Å². The molecule has 7 heteroatoms. The molecule has 0 aliphatic carbocycles. The number of aromatic hydroxyl groups is 1. The average molecular weight is 385 g/mol. The fraction of sp³-hybridized carbons (Fsp3) is 0. The summed E-state index contributed by atoms with van der Waals surface area (Å²) >= 11 is 3.24. The normalized spacial score (nSPS) is 10.9. The van der Waals surface area contributed by atoms with Crippen molar-refractivity contribution in [1.29, 1.82) is 0 Å². The molecule has 0 unspecified atom stereocenters. The first-order valence-corrected chi connectivity index (χ1v) is 7.85. The summed E-state index contributed by atoms with van der Waals surface area (Å²) in [4.78, 5) is 18.7. The fourth-order valence-corrected chi connectivity index (χ4v) is 2.44. The number of nitrogens with one attached hydrogen (secondary N) is 2. The van der Waals surface area contributed by atoms with Gasteiger partial charge >= 0.3 is 0 Å². The Bertz CT molecular complexity index is 939. The average Bonchev–Trinajstić information content (AvgIpc) is 2.58. The number of halogens is 1. The van der Waals surface area contributed by atoms with Crippen LogP contribution in [0.5, 0.6) is 5.75 Å². The second-order valence-electron chi connectivity index (χ2n) is 4.93. The predicted octanol–water partition coefficient (Wildman–Crippen LogP) is 3.35. The van der Waals surface area contributed by atoms with Gasteiger partial charge in [-0.3, -0.25) is 9.78 Å². The van der Waals surface area contributed by atoms with E-state index < -0.39 is 0 Å². The summed E-state index contributed by atoms with van der Waals surface area (Å²) in [7, 11) is 0. The van der Waals surface area contributed by atoms with Crippen molar-refractivity contribution >= 4 is 28.1 Å². The number of anilines is 1. The van der Waals surface area contributed by atoms with Gasteiger partial charge in [-0.2, -0.15) is 5.10 Å². The number of aromatic amines is 1. The number of hydrogen-bond donors (Lipinski definition) is 3. The third-order valence-electron chi connectivity index (χ3n) is 3.17. The van der Waals surface area contributed by atoms with Gasteiger partial charge in [0.25, 0.3) is 5.56 Å². The Labute approximate surface area is 146 Å². The first-order chi connectivity index (χ1) is 11.6. The molecule has 1 heterocycles. The summed E-state index contributed by atoms with van der Waals surface area (Å²) in [6.07, 6.45) is 1.55. The molecule has 6 nitrogen and oxygen atoms in total. The fourth-order valence-electron chi connectivity index (χ4n) is 2.04. The Morgan fingerprint density at radius 3 is 2.71 bits per heavy atom. The third kappa shape index (κ3) is 3.88. The maximum atomic E-state index is 11.8. The molecular formula is C17H13BrN4O2. The van der Waals surface area contributed by atoms with E-state index in [0.29, 0.717) is 10.2 Å². The van der Waals surface area contributed by atoms with Crippen LogP contribution in [0.15, 0.2) is 69.0 Å². The van der Waals surface area contributed by atoms with Gasteiger partial charge in [-0.15, -0.1) is 0 Å². The van der Waals surface area contributed by atoms with Crippen LogP contribution in [0.3, 0.4) is 0 Å². The summed E-state index contributed by atoms with van der Waals surface area (Å²) in [5.41, 5.74) is 4.61. The first-order valence-electron chi connectivity index (χ1n) is 7.06. The predicted molar refractivity (Wildman–Crippen MR) is 97.3 cm³/mol. The number of phenolic OH excluding ortho intramolecular Hbond substituents is 1. The van der Waals surface area contributed by atoms with Crippen molar-refractivity contribution in [1.82, 2.24) is 9.97 Å². The van der Waals surface area contributed by atoms with Crippen molar-refractivity contribution < 1.29 is 5.11 Å². The molecule has 120 valence electrons. The van der Waals surface area contributed by atoms with Crippen molar-refractivity contribution in [2.75, 3.05) is 5.43 Å². The van der Waals surface area contributed by atoms with Gasteiger partial charge in [-0.1, -0.05) is 30.3 Å². The number of phenols is 1. The SMILES string of the molecule is O=c1cc(-c2ccccc2)nc(N/N=C\c2ccc(O)c(Br)c2)[nH]1. The molecule has 0 bridgehead atoms. The van der Waals surface area contributed by atoms with E-state index in [9.17, 15) is 9.90 Å². The zero-order valence-electron chi connectivity index (χ0n) is 12.4. The molecule has 3 rings (SSSR count). The van der Waals surface area contributed by atoms with Crippen LogP contribution in [0.1, 0.15) is 5.56 Å². The van der Waals surface area contributed by atoms with Crippen molar-refractivity contribution in [3.8, 4) is 17.0 Å². The standard InChI is InChI=1S/C17H13BrN4O2/c18-13-8-11(6-7-15(13)23)10-19-22-17-20-14(9-16(24)21-17)12-4-2-1-3-5-12/h1-10,23H,(H2,20,21,22,24)/b19-10-. The Hall–Kier alpha value is -2.93. The molecule has 1 aromatic heterocycles. The van der Waals surface area contributed by atoms with E-state index in [4.69, 9.17) is 0 Å². The van der Waals surface area contributed by atoms with E-state index in [0.717, 1.165) is 11.1 Å². The molecule has 0 saturated heterocycles. The summed E-state index contributed by atoms with van der Waals surface area (Å²) in [6.45, 7) is 0. The van der Waals surface area contributed by atoms with Crippen LogP contribution < -0.4 is 11.0 Å². The van der Waals surface area contributed by atoms with Crippen LogP contribution in [0.25, 0.3) is 11.3 Å². The lowest BCUT2D eigenvalue weighted by atomic mass is 10.1. The zero-order chi connectivity index (χ0) is 16.9. The summed E-state index contributed by atoms with van der Waals surface area (Å²) in [6, 6.07) is 15.8. The van der Waals surface area contributed by atoms with Gasteiger partial charge in [0.05, 0.1) is 16.4 Å². The topological polar surface area (TPSA) is 90.4 Å². The number of hydrazone groups is 1. The molecule has 3 aromatic rings. The van der Waals surface area contributed by atoms with Crippen LogP contribution in [0.2, 0.25) is 0 Å². The van der Waals surface area contributed by atoms with Crippen molar-refractivity contribution in [2.45, 2.75) is 0 Å². The van der Waals surface area contributed by atoms with E-state index in [1.165, 1.54) is 6.07 Å². The Kier molecular flexibility index (Phi) is 4.72. The van der Waals surface area contributed by atoms with E-state index in [1.807, 2.05) is 30.3 Å². The minimum Gasteiger partial charge on any atom is -0.507 e. The minimum atomic E-state index is -0.270. The van der Waals surface area contributed by atoms with Gasteiger partial charge in [0, 0.05) is 11.6 Å². The van der Waals surface area contributed by atoms with E-state index in [-0.39, 0.29) is 17.3 Å². The largest absolute Gasteiger partial charge is 0.507 e. The zero-order valence-corrected chi connectivity index (χ0v) is 14.0. The van der Waals surface area contributed by atoms with Gasteiger partial charge in [0.15, 0.2) is 0 Å². The molecule has 3 N–H and O–H groups in total. The lowest BCUT2D eigenvalue weighted by molar-refractivity contribution is 0.472. The van der Waals surface area contributed by atoms with Crippen molar-refractivity contribution in [2.24, 2.45) is 5.10 Å². The highest BCUT2D eigenvalue weighted by Gasteiger charge is 2.03. The Balaban J connectivity index is 1.80. The van der Waals surface area contributed by atoms with Gasteiger partial charge in [-0.05, 0) is 39.7 Å². The number of aromatic nitrogens is 2. The van der Waals surface area contributed by atoms with Crippen molar-refractivity contribution in [3.05, 3.63) is 75.0 Å². The lowest BCUT2D eigenvalue weighted by Crippen LogP contribution is -2.10. The van der Waals surface area contributed by atoms with Crippen LogP contribution >= 0.6 is 15.9 Å². The maximum absolute atomic E-state index is 11.8. The smallest absolute Gasteiger partial charge is 0.252 e. The third-order valence-corrected chi connectivity index (χ3v) is 3.80. The Morgan fingerprint density at radius 1 is 1.17 bits per heavy atom. The Morgan fingerprint density at radius 2 is 1.96 bits per heavy atom.